The third-order valence-electron chi connectivity index (χ3n) is 6.73. The molecule has 0 spiro atoms. The molecule has 9 nitrogen and oxygen atoms in total. The van der Waals surface area contributed by atoms with Crippen molar-refractivity contribution in [3.63, 3.8) is 0 Å². The number of aldehydes is 1. The maximum absolute atomic E-state index is 13.1. The van der Waals surface area contributed by atoms with Crippen LogP contribution in [0.3, 0.4) is 0 Å². The second-order valence-corrected chi connectivity index (χ2v) is 9.88. The van der Waals surface area contributed by atoms with Gasteiger partial charge in [0.25, 0.3) is 5.91 Å². The number of β-lactam (4-membered cyclic amide) rings is 1. The molecule has 33 heavy (non-hydrogen) atoms. The summed E-state index contributed by atoms with van der Waals surface area (Å²) in [5.41, 5.74) is 1.03. The van der Waals surface area contributed by atoms with Crippen LogP contribution in [0.5, 0.6) is 0 Å². The molecule has 1 aromatic carbocycles. The van der Waals surface area contributed by atoms with E-state index in [9.17, 15) is 9.59 Å². The van der Waals surface area contributed by atoms with Crippen molar-refractivity contribution >= 4 is 12.2 Å². The van der Waals surface area contributed by atoms with Gasteiger partial charge in [-0.2, -0.15) is 0 Å². The van der Waals surface area contributed by atoms with Gasteiger partial charge in [0, 0.05) is 7.11 Å². The van der Waals surface area contributed by atoms with E-state index in [2.05, 4.69) is 0 Å². The Kier molecular flexibility index (Phi) is 5.63. The van der Waals surface area contributed by atoms with Gasteiger partial charge in [0.1, 0.15) is 42.8 Å². The summed E-state index contributed by atoms with van der Waals surface area (Å²) in [5.74, 6) is -1.97. The third-order valence-corrected chi connectivity index (χ3v) is 6.73. The molecule has 1 aromatic rings. The topological polar surface area (TPSA) is 96.1 Å². The standard InChI is InChI=1S/C24H31NO8/c1-23(2)29-12-15(31-23)19-18(32-24(3,4)33-19)14(11-26)25-16(21(28-5)22(25)27)20-17(30-20)13-9-7-6-8-10-13/h6-11,14-21H,12H2,1-5H3/t14-,15+,16+,17-,18+,19+,20+,21-/m0/s1. The zero-order chi connectivity index (χ0) is 23.5. The highest BCUT2D eigenvalue weighted by molar-refractivity contribution is 5.91. The maximum Gasteiger partial charge on any atom is 0.255 e. The predicted molar refractivity (Wildman–Crippen MR) is 114 cm³/mol. The van der Waals surface area contributed by atoms with Crippen molar-refractivity contribution in [3.05, 3.63) is 35.9 Å². The molecule has 0 bridgehead atoms. The van der Waals surface area contributed by atoms with Crippen LogP contribution in [0, 0.1) is 0 Å². The minimum Gasteiger partial charge on any atom is -0.369 e. The van der Waals surface area contributed by atoms with E-state index in [-0.39, 0.29) is 18.1 Å². The van der Waals surface area contributed by atoms with Crippen molar-refractivity contribution in [2.24, 2.45) is 0 Å². The lowest BCUT2D eigenvalue weighted by Crippen LogP contribution is -2.73. The summed E-state index contributed by atoms with van der Waals surface area (Å²) in [4.78, 5) is 27.0. The van der Waals surface area contributed by atoms with Crippen LogP contribution in [0.4, 0.5) is 0 Å². The molecule has 8 atom stereocenters. The molecule has 0 aromatic heterocycles. The molecule has 9 heteroatoms. The number of rotatable bonds is 7. The summed E-state index contributed by atoms with van der Waals surface area (Å²) < 4.78 is 35.5. The van der Waals surface area contributed by atoms with E-state index < -0.39 is 48.1 Å². The first kappa shape index (κ1) is 22.9. The van der Waals surface area contributed by atoms with Crippen molar-refractivity contribution in [2.45, 2.75) is 88.0 Å². The number of hydrogen-bond acceptors (Lipinski definition) is 8. The van der Waals surface area contributed by atoms with Gasteiger partial charge < -0.3 is 38.1 Å². The van der Waals surface area contributed by atoms with Crippen LogP contribution in [-0.4, -0.2) is 85.0 Å². The zero-order valence-electron chi connectivity index (χ0n) is 19.5. The number of hydrogen-bond donors (Lipinski definition) is 0. The minimum absolute atomic E-state index is 0.155. The molecular formula is C24H31NO8. The summed E-state index contributed by atoms with van der Waals surface area (Å²) in [7, 11) is 1.50. The zero-order valence-corrected chi connectivity index (χ0v) is 19.5. The SMILES string of the molecule is CO[C@@H]1C(=O)N([C@@H](C=O)[C@H]2OC(C)(C)O[C@@H]2[C@H]2COC(C)(C)O2)[C@@H]1[C@H]1O[C@H]1c1ccccc1. The van der Waals surface area contributed by atoms with Crippen molar-refractivity contribution in [1.29, 1.82) is 0 Å². The van der Waals surface area contributed by atoms with E-state index in [1.54, 1.807) is 13.8 Å². The number of carbonyl (C=O) groups is 2. The number of carbonyl (C=O) groups excluding carboxylic acids is 2. The van der Waals surface area contributed by atoms with Crippen molar-refractivity contribution < 1.29 is 38.0 Å². The number of benzene rings is 1. The molecular weight excluding hydrogens is 430 g/mol. The summed E-state index contributed by atoms with van der Waals surface area (Å²) in [6.07, 6.45) is -2.09. The molecule has 0 unspecified atom stereocenters. The fraction of sp³-hybridized carbons (Fsp3) is 0.667. The van der Waals surface area contributed by atoms with Crippen LogP contribution >= 0.6 is 0 Å². The normalized spacial score (nSPS) is 39.8. The predicted octanol–water partition coefficient (Wildman–Crippen LogP) is 1.59. The van der Waals surface area contributed by atoms with Gasteiger partial charge in [-0.1, -0.05) is 30.3 Å². The largest absolute Gasteiger partial charge is 0.369 e. The fourth-order valence-corrected chi connectivity index (χ4v) is 5.26. The first-order valence-corrected chi connectivity index (χ1v) is 11.3. The summed E-state index contributed by atoms with van der Waals surface area (Å²) >= 11 is 0. The lowest BCUT2D eigenvalue weighted by molar-refractivity contribution is -0.188. The highest BCUT2D eigenvalue weighted by atomic mass is 16.8. The Bertz CT molecular complexity index is 905. The molecule has 0 saturated carbocycles. The second-order valence-electron chi connectivity index (χ2n) is 9.88. The van der Waals surface area contributed by atoms with Gasteiger partial charge in [-0.15, -0.1) is 0 Å². The number of ether oxygens (including phenoxy) is 6. The van der Waals surface area contributed by atoms with Gasteiger partial charge in [-0.25, -0.2) is 0 Å². The number of amides is 1. The van der Waals surface area contributed by atoms with Crippen LogP contribution in [0.2, 0.25) is 0 Å². The first-order chi connectivity index (χ1) is 15.7. The highest BCUT2D eigenvalue weighted by Crippen LogP contribution is 2.48. The van der Waals surface area contributed by atoms with Crippen LogP contribution < -0.4 is 0 Å². The van der Waals surface area contributed by atoms with Gasteiger partial charge in [0.15, 0.2) is 17.7 Å². The maximum atomic E-state index is 13.1. The van der Waals surface area contributed by atoms with E-state index in [0.29, 0.717) is 6.61 Å². The summed E-state index contributed by atoms with van der Waals surface area (Å²) in [6.45, 7) is 7.52. The number of likely N-dealkylation sites (tertiary alicyclic amines) is 1. The van der Waals surface area contributed by atoms with E-state index in [0.717, 1.165) is 11.8 Å². The summed E-state index contributed by atoms with van der Waals surface area (Å²) in [5, 5.41) is 0. The van der Waals surface area contributed by atoms with Gasteiger partial charge in [-0.3, -0.25) is 4.79 Å². The van der Waals surface area contributed by atoms with Crippen molar-refractivity contribution in [2.75, 3.05) is 13.7 Å². The Labute approximate surface area is 193 Å². The Hall–Kier alpha value is -1.88. The smallest absolute Gasteiger partial charge is 0.255 e. The number of epoxide rings is 1. The molecule has 180 valence electrons. The molecule has 0 radical (unpaired) electrons. The van der Waals surface area contributed by atoms with Crippen molar-refractivity contribution in [3.8, 4) is 0 Å². The Morgan fingerprint density at radius 3 is 2.39 bits per heavy atom. The lowest BCUT2D eigenvalue weighted by Gasteiger charge is -2.49. The minimum atomic E-state index is -0.945. The van der Waals surface area contributed by atoms with Gasteiger partial charge in [-0.05, 0) is 33.3 Å². The second kappa shape index (κ2) is 8.11. The van der Waals surface area contributed by atoms with Gasteiger partial charge >= 0.3 is 0 Å². The molecule has 0 aliphatic carbocycles. The fourth-order valence-electron chi connectivity index (χ4n) is 5.26. The summed E-state index contributed by atoms with van der Waals surface area (Å²) in [6, 6.07) is 8.51. The van der Waals surface area contributed by atoms with Crippen LogP contribution in [0.25, 0.3) is 0 Å². The van der Waals surface area contributed by atoms with Gasteiger partial charge in [0.05, 0.1) is 12.6 Å². The number of methoxy groups -OCH3 is 1. The van der Waals surface area contributed by atoms with Crippen LogP contribution in [0.15, 0.2) is 30.3 Å². The van der Waals surface area contributed by atoms with E-state index >= 15 is 0 Å². The molecule has 0 N–H and O–H groups in total. The van der Waals surface area contributed by atoms with E-state index in [1.165, 1.54) is 12.0 Å². The molecule has 4 heterocycles. The molecule has 4 aliphatic heterocycles. The highest BCUT2D eigenvalue weighted by Gasteiger charge is 2.65. The molecule has 5 rings (SSSR count). The molecule has 1 amide bonds. The lowest BCUT2D eigenvalue weighted by atomic mass is 9.87. The molecule has 4 saturated heterocycles. The Balaban J connectivity index is 1.39. The van der Waals surface area contributed by atoms with Gasteiger partial charge in [0.2, 0.25) is 0 Å². The average Bonchev–Trinajstić information content (AvgIpc) is 3.37. The quantitative estimate of drug-likeness (QED) is 0.343. The first-order valence-electron chi connectivity index (χ1n) is 11.3. The van der Waals surface area contributed by atoms with Crippen LogP contribution in [0.1, 0.15) is 39.4 Å². The van der Waals surface area contributed by atoms with E-state index in [4.69, 9.17) is 28.4 Å². The molecule has 4 aliphatic rings. The van der Waals surface area contributed by atoms with Crippen molar-refractivity contribution in [1.82, 2.24) is 4.90 Å². The Morgan fingerprint density at radius 1 is 1.06 bits per heavy atom. The van der Waals surface area contributed by atoms with E-state index in [1.807, 2.05) is 44.2 Å². The average molecular weight is 462 g/mol. The monoisotopic (exact) mass is 461 g/mol. The molecule has 4 fully saturated rings. The number of nitrogens with zero attached hydrogens (tertiary/aromatic N) is 1. The Morgan fingerprint density at radius 2 is 1.79 bits per heavy atom. The van der Waals surface area contributed by atoms with Crippen LogP contribution in [-0.2, 0) is 38.0 Å². The third kappa shape index (κ3) is 4.00.